The van der Waals surface area contributed by atoms with Crippen LogP contribution in [0.3, 0.4) is 0 Å². The highest BCUT2D eigenvalue weighted by Gasteiger charge is 2.32. The Labute approximate surface area is 187 Å². The summed E-state index contributed by atoms with van der Waals surface area (Å²) in [5, 5.41) is 23.0. The summed E-state index contributed by atoms with van der Waals surface area (Å²) < 4.78 is 25.8. The van der Waals surface area contributed by atoms with Gasteiger partial charge >= 0.3 is 0 Å². The van der Waals surface area contributed by atoms with Crippen LogP contribution in [-0.4, -0.2) is 51.4 Å². The minimum absolute atomic E-state index is 0.0574. The van der Waals surface area contributed by atoms with Crippen molar-refractivity contribution in [2.75, 3.05) is 11.5 Å². The highest BCUT2D eigenvalue weighted by Crippen LogP contribution is 2.36. The molecule has 0 bridgehead atoms. The molecule has 1 aliphatic rings. The smallest absolute Gasteiger partial charge is 0.290 e. The summed E-state index contributed by atoms with van der Waals surface area (Å²) in [7, 11) is -3.03. The molecule has 3 heterocycles. The molecule has 8 nitrogen and oxygen atoms in total. The van der Waals surface area contributed by atoms with Crippen LogP contribution in [0.25, 0.3) is 22.3 Å². The van der Waals surface area contributed by atoms with Crippen LogP contribution < -0.4 is 0 Å². The van der Waals surface area contributed by atoms with E-state index in [-0.39, 0.29) is 35.2 Å². The molecular weight excluding hydrogens is 430 g/mol. The Morgan fingerprint density at radius 2 is 1.84 bits per heavy atom. The Hall–Kier alpha value is -2.94. The van der Waals surface area contributed by atoms with Gasteiger partial charge in [0.05, 0.1) is 28.9 Å². The molecular formula is C23H29N3O5S. The molecule has 1 aliphatic heterocycles. The third-order valence-electron chi connectivity index (χ3n) is 5.73. The number of rotatable bonds is 2. The van der Waals surface area contributed by atoms with Crippen molar-refractivity contribution in [3.05, 3.63) is 41.1 Å². The molecule has 0 radical (unpaired) electrons. The summed E-state index contributed by atoms with van der Waals surface area (Å²) in [6.45, 7) is 10.1. The Morgan fingerprint density at radius 3 is 2.41 bits per heavy atom. The van der Waals surface area contributed by atoms with Gasteiger partial charge in [0.2, 0.25) is 0 Å². The number of sulfone groups is 1. The average Bonchev–Trinajstić information content (AvgIpc) is 3.21. The highest BCUT2D eigenvalue weighted by molar-refractivity contribution is 7.91. The second-order valence-corrected chi connectivity index (χ2v) is 11.4. The number of benzene rings is 1. The van der Waals surface area contributed by atoms with E-state index in [0.29, 0.717) is 23.3 Å². The van der Waals surface area contributed by atoms with Gasteiger partial charge in [-0.25, -0.2) is 18.1 Å². The van der Waals surface area contributed by atoms with Crippen molar-refractivity contribution >= 4 is 27.3 Å². The summed E-state index contributed by atoms with van der Waals surface area (Å²) in [5.74, 6) is 0.458. The third-order valence-corrected chi connectivity index (χ3v) is 7.48. The molecule has 4 rings (SSSR count). The van der Waals surface area contributed by atoms with E-state index in [1.54, 1.807) is 10.7 Å². The normalized spacial score (nSPS) is 17.7. The highest BCUT2D eigenvalue weighted by atomic mass is 32.2. The first-order chi connectivity index (χ1) is 14.9. The van der Waals surface area contributed by atoms with Crippen molar-refractivity contribution in [3.63, 3.8) is 0 Å². The van der Waals surface area contributed by atoms with Crippen LogP contribution in [0, 0.1) is 13.8 Å². The lowest BCUT2D eigenvalue weighted by Crippen LogP contribution is -2.13. The molecule has 1 saturated heterocycles. The number of fused-ring (bicyclic) bond motifs is 1. The van der Waals surface area contributed by atoms with Crippen LogP contribution in [0.2, 0.25) is 0 Å². The molecule has 2 N–H and O–H groups in total. The monoisotopic (exact) mass is 459 g/mol. The maximum atomic E-state index is 12.0. The van der Waals surface area contributed by atoms with Gasteiger partial charge in [0, 0.05) is 10.9 Å². The molecule has 172 valence electrons. The maximum absolute atomic E-state index is 12.0. The van der Waals surface area contributed by atoms with Crippen molar-refractivity contribution in [2.45, 2.75) is 52.5 Å². The number of nitrogens with zero attached hydrogens (tertiary/aromatic N) is 3. The van der Waals surface area contributed by atoms with Crippen LogP contribution in [0.4, 0.5) is 0 Å². The van der Waals surface area contributed by atoms with E-state index in [4.69, 9.17) is 14.9 Å². The van der Waals surface area contributed by atoms with E-state index in [0.717, 1.165) is 22.2 Å². The minimum atomic E-state index is -3.03. The lowest BCUT2D eigenvalue weighted by atomic mass is 9.85. The number of hydrogen-bond acceptors (Lipinski definition) is 6. The first-order valence-electron chi connectivity index (χ1n) is 10.4. The van der Waals surface area contributed by atoms with Gasteiger partial charge in [-0.3, -0.25) is 4.79 Å². The summed E-state index contributed by atoms with van der Waals surface area (Å²) in [4.78, 5) is 13.2. The van der Waals surface area contributed by atoms with Crippen LogP contribution in [0.1, 0.15) is 50.1 Å². The van der Waals surface area contributed by atoms with E-state index in [2.05, 4.69) is 25.9 Å². The second-order valence-electron chi connectivity index (χ2n) is 9.20. The fourth-order valence-electron chi connectivity index (χ4n) is 4.10. The molecule has 0 aliphatic carbocycles. The number of phenols is 1. The molecule has 1 aromatic carbocycles. The molecule has 0 saturated carbocycles. The first kappa shape index (κ1) is 23.7. The van der Waals surface area contributed by atoms with E-state index < -0.39 is 9.84 Å². The van der Waals surface area contributed by atoms with Crippen molar-refractivity contribution in [1.82, 2.24) is 14.8 Å². The number of carboxylic acid groups (broad SMARTS) is 1. The van der Waals surface area contributed by atoms with Gasteiger partial charge < -0.3 is 10.2 Å². The fourth-order valence-corrected chi connectivity index (χ4v) is 5.79. The zero-order valence-corrected chi connectivity index (χ0v) is 19.8. The quantitative estimate of drug-likeness (QED) is 0.559. The van der Waals surface area contributed by atoms with Gasteiger partial charge in [0.25, 0.3) is 6.47 Å². The van der Waals surface area contributed by atoms with Gasteiger partial charge in [-0.05, 0) is 55.0 Å². The number of aromatic hydroxyl groups is 1. The number of phenolic OH excluding ortho intramolecular Hbond substituents is 1. The van der Waals surface area contributed by atoms with E-state index >= 15 is 0 Å². The molecule has 32 heavy (non-hydrogen) atoms. The van der Waals surface area contributed by atoms with Gasteiger partial charge in [0.15, 0.2) is 15.5 Å². The van der Waals surface area contributed by atoms with Crippen molar-refractivity contribution in [3.8, 4) is 17.0 Å². The predicted molar refractivity (Wildman–Crippen MR) is 124 cm³/mol. The Kier molecular flexibility index (Phi) is 6.33. The van der Waals surface area contributed by atoms with E-state index in [1.165, 1.54) is 0 Å². The third kappa shape index (κ3) is 4.62. The molecule has 2 aromatic heterocycles. The van der Waals surface area contributed by atoms with Crippen molar-refractivity contribution in [1.29, 1.82) is 0 Å². The number of pyridine rings is 1. The molecule has 3 aromatic rings. The number of carbonyl (C=O) groups is 1. The fraction of sp³-hybridized carbons (Fsp3) is 0.435. The largest absolute Gasteiger partial charge is 0.507 e. The molecule has 0 spiro atoms. The second kappa shape index (κ2) is 8.54. The zero-order valence-electron chi connectivity index (χ0n) is 19.0. The van der Waals surface area contributed by atoms with E-state index in [1.807, 2.05) is 32.0 Å². The zero-order chi connectivity index (χ0) is 23.8. The van der Waals surface area contributed by atoms with Crippen LogP contribution >= 0.6 is 0 Å². The predicted octanol–water partition coefficient (Wildman–Crippen LogP) is 3.78. The number of aryl methyl sites for hydroxylation is 2. The minimum Gasteiger partial charge on any atom is -0.507 e. The van der Waals surface area contributed by atoms with Gasteiger partial charge in [0.1, 0.15) is 5.75 Å². The van der Waals surface area contributed by atoms with Gasteiger partial charge in [-0.1, -0.05) is 26.8 Å². The molecule has 1 unspecified atom stereocenters. The van der Waals surface area contributed by atoms with Gasteiger partial charge in [-0.2, -0.15) is 5.10 Å². The Bertz CT molecular complexity index is 1270. The van der Waals surface area contributed by atoms with Crippen LogP contribution in [0.5, 0.6) is 5.75 Å². The van der Waals surface area contributed by atoms with Crippen molar-refractivity contribution in [2.24, 2.45) is 0 Å². The molecule has 0 amide bonds. The number of hydrogen-bond donors (Lipinski definition) is 2. The SMILES string of the molecule is Cc1cc(-c2cc(C(C)(C)C)ccc2O)nc2c1c(C)nn2C1CCS(=O)(=O)C1.O=CO. The Balaban J connectivity index is 0.000000913. The van der Waals surface area contributed by atoms with Crippen LogP contribution in [-0.2, 0) is 20.0 Å². The molecule has 1 atom stereocenters. The van der Waals surface area contributed by atoms with E-state index in [9.17, 15) is 13.5 Å². The van der Waals surface area contributed by atoms with Crippen LogP contribution in [0.15, 0.2) is 24.3 Å². The average molecular weight is 460 g/mol. The first-order valence-corrected chi connectivity index (χ1v) is 12.2. The van der Waals surface area contributed by atoms with Gasteiger partial charge in [-0.15, -0.1) is 0 Å². The van der Waals surface area contributed by atoms with Crippen molar-refractivity contribution < 1.29 is 23.4 Å². The molecule has 1 fully saturated rings. The summed E-state index contributed by atoms with van der Waals surface area (Å²) in [6.07, 6.45) is 0.550. The summed E-state index contributed by atoms with van der Waals surface area (Å²) >= 11 is 0. The Morgan fingerprint density at radius 1 is 1.19 bits per heavy atom. The summed E-state index contributed by atoms with van der Waals surface area (Å²) in [5.41, 5.74) is 4.92. The topological polar surface area (TPSA) is 122 Å². The molecule has 9 heteroatoms. The number of aromatic nitrogens is 3. The lowest BCUT2D eigenvalue weighted by molar-refractivity contribution is -0.122. The summed E-state index contributed by atoms with van der Waals surface area (Å²) in [6, 6.07) is 7.39. The lowest BCUT2D eigenvalue weighted by Gasteiger charge is -2.20. The maximum Gasteiger partial charge on any atom is 0.290 e. The standard InChI is InChI=1S/C22H27N3O3S.CH2O2/c1-13-10-18(17-11-15(22(3,4)5)6-7-19(17)26)23-21-20(13)14(2)24-25(21)16-8-9-29(27,28)12-16;2-1-3/h6-7,10-11,16,26H,8-9,12H2,1-5H3;1H,(H,2,3).